The molecule has 0 aliphatic heterocycles. The van der Waals surface area contributed by atoms with Crippen LogP contribution in [0.1, 0.15) is 56.0 Å². The van der Waals surface area contributed by atoms with Gasteiger partial charge < -0.3 is 5.11 Å². The van der Waals surface area contributed by atoms with Crippen molar-refractivity contribution in [3.8, 4) is 0 Å². The topological polar surface area (TPSA) is 85.3 Å². The van der Waals surface area contributed by atoms with Gasteiger partial charge in [0, 0.05) is 24.0 Å². The summed E-state index contributed by atoms with van der Waals surface area (Å²) >= 11 is 0. The summed E-state index contributed by atoms with van der Waals surface area (Å²) in [5.41, 5.74) is 1.74. The molecule has 2 atom stereocenters. The lowest BCUT2D eigenvalue weighted by molar-refractivity contribution is -0.138. The van der Waals surface area contributed by atoms with E-state index < -0.39 is 23.2 Å². The minimum absolute atomic E-state index is 0.0492. The van der Waals surface area contributed by atoms with Crippen LogP contribution in [-0.2, 0) is 15.7 Å². The van der Waals surface area contributed by atoms with Crippen LogP contribution < -0.4 is 0 Å². The van der Waals surface area contributed by atoms with Crippen LogP contribution in [0.5, 0.6) is 0 Å². The molecule has 0 bridgehead atoms. The van der Waals surface area contributed by atoms with E-state index in [1.54, 1.807) is 0 Å². The first-order valence-corrected chi connectivity index (χ1v) is 8.66. The maximum atomic E-state index is 13.8. The van der Waals surface area contributed by atoms with Gasteiger partial charge in [-0.05, 0) is 39.2 Å². The number of carboxylic acids is 1. The van der Waals surface area contributed by atoms with E-state index >= 15 is 0 Å². The molecule has 2 unspecified atom stereocenters. The predicted molar refractivity (Wildman–Crippen MR) is 89.5 cm³/mol. The van der Waals surface area contributed by atoms with E-state index in [0.717, 1.165) is 18.5 Å². The molecule has 26 heavy (non-hydrogen) atoms. The van der Waals surface area contributed by atoms with Gasteiger partial charge in [0.2, 0.25) is 5.95 Å². The summed E-state index contributed by atoms with van der Waals surface area (Å²) in [5, 5.41) is 18.4. The number of fused-ring (bicyclic) bond motifs is 3. The van der Waals surface area contributed by atoms with Gasteiger partial charge >= 0.3 is 5.97 Å². The number of aromatic nitrogens is 5. The Morgan fingerprint density at radius 3 is 2.81 bits per heavy atom. The molecule has 1 saturated carbocycles. The first kappa shape index (κ1) is 15.5. The largest absolute Gasteiger partial charge is 0.481 e. The standard InChI is InChI=1S/C18H18FN5O2/c1-17(4-5-17)23-6-3-12(21-23)18(2)8-10(16(25)26)11-9-20-14-7-13(19)22-24(14)15(11)18/h3,6-7,9-10H,4-5,8H2,1-2H3,(H,25,26). The summed E-state index contributed by atoms with van der Waals surface area (Å²) in [7, 11) is 0. The van der Waals surface area contributed by atoms with E-state index in [1.165, 1.54) is 16.8 Å². The maximum Gasteiger partial charge on any atom is 0.311 e. The monoisotopic (exact) mass is 355 g/mol. The minimum Gasteiger partial charge on any atom is -0.481 e. The van der Waals surface area contributed by atoms with Crippen molar-refractivity contribution in [3.05, 3.63) is 47.4 Å². The number of halogens is 1. The Morgan fingerprint density at radius 2 is 2.12 bits per heavy atom. The quantitative estimate of drug-likeness (QED) is 0.780. The fourth-order valence-electron chi connectivity index (χ4n) is 4.12. The van der Waals surface area contributed by atoms with Gasteiger partial charge in [-0.1, -0.05) is 0 Å². The lowest BCUT2D eigenvalue weighted by Gasteiger charge is -2.24. The fraction of sp³-hybridized carbons (Fsp3) is 0.444. The summed E-state index contributed by atoms with van der Waals surface area (Å²) < 4.78 is 17.2. The molecule has 0 radical (unpaired) electrons. The van der Waals surface area contributed by atoms with Crippen LogP contribution in [0.2, 0.25) is 0 Å². The van der Waals surface area contributed by atoms with E-state index in [1.807, 2.05) is 23.9 Å². The zero-order valence-corrected chi connectivity index (χ0v) is 14.5. The van der Waals surface area contributed by atoms with Gasteiger partial charge in [0.05, 0.1) is 28.3 Å². The van der Waals surface area contributed by atoms with E-state index in [0.29, 0.717) is 23.3 Å². The highest BCUT2D eigenvalue weighted by atomic mass is 19.1. The van der Waals surface area contributed by atoms with Crippen LogP contribution in [0.4, 0.5) is 4.39 Å². The zero-order valence-electron chi connectivity index (χ0n) is 14.5. The summed E-state index contributed by atoms with van der Waals surface area (Å²) in [6.45, 7) is 4.11. The second-order valence-corrected chi connectivity index (χ2v) is 7.87. The van der Waals surface area contributed by atoms with Gasteiger partial charge in [0.15, 0.2) is 5.65 Å². The fourth-order valence-corrected chi connectivity index (χ4v) is 4.12. The van der Waals surface area contributed by atoms with Gasteiger partial charge in [-0.3, -0.25) is 9.48 Å². The number of carboxylic acid groups (broad SMARTS) is 1. The average Bonchev–Trinajstić information content (AvgIpc) is 2.98. The number of carbonyl (C=O) groups is 1. The van der Waals surface area contributed by atoms with E-state index in [2.05, 4.69) is 17.0 Å². The van der Waals surface area contributed by atoms with E-state index in [-0.39, 0.29) is 5.54 Å². The second kappa shape index (κ2) is 4.69. The molecule has 3 aromatic rings. The molecule has 3 heterocycles. The number of hydrogen-bond donors (Lipinski definition) is 1. The smallest absolute Gasteiger partial charge is 0.311 e. The molecule has 7 nitrogen and oxygen atoms in total. The Kier molecular flexibility index (Phi) is 2.79. The van der Waals surface area contributed by atoms with Crippen LogP contribution in [0.15, 0.2) is 24.5 Å². The average molecular weight is 355 g/mol. The van der Waals surface area contributed by atoms with Crippen molar-refractivity contribution >= 4 is 11.6 Å². The van der Waals surface area contributed by atoms with Gasteiger partial charge in [-0.15, -0.1) is 5.10 Å². The third-order valence-electron chi connectivity index (χ3n) is 5.97. The van der Waals surface area contributed by atoms with Crippen LogP contribution in [0, 0.1) is 5.95 Å². The summed E-state index contributed by atoms with van der Waals surface area (Å²) in [5.74, 6) is -2.28. The van der Waals surface area contributed by atoms with Crippen molar-refractivity contribution in [2.24, 2.45) is 0 Å². The first-order valence-electron chi connectivity index (χ1n) is 8.66. The third-order valence-corrected chi connectivity index (χ3v) is 5.97. The van der Waals surface area contributed by atoms with Crippen molar-refractivity contribution in [1.29, 1.82) is 0 Å². The first-order chi connectivity index (χ1) is 12.3. The van der Waals surface area contributed by atoms with E-state index in [4.69, 9.17) is 5.10 Å². The lowest BCUT2D eigenvalue weighted by atomic mass is 9.83. The molecule has 1 N–H and O–H groups in total. The molecule has 3 aromatic heterocycles. The molecular weight excluding hydrogens is 337 g/mol. The molecule has 2 aliphatic rings. The van der Waals surface area contributed by atoms with Crippen molar-refractivity contribution < 1.29 is 14.3 Å². The second-order valence-electron chi connectivity index (χ2n) is 7.87. The Morgan fingerprint density at radius 1 is 1.35 bits per heavy atom. The molecule has 0 spiro atoms. The van der Waals surface area contributed by atoms with Crippen LogP contribution in [0.3, 0.4) is 0 Å². The molecule has 134 valence electrons. The Labute approximate surface area is 148 Å². The molecule has 0 saturated heterocycles. The van der Waals surface area contributed by atoms with Crippen LogP contribution in [0.25, 0.3) is 5.65 Å². The zero-order chi connectivity index (χ0) is 18.3. The SMILES string of the molecule is CC1(c2ccn(C3(C)CC3)n2)CC(C(=O)O)c2cnc3cc(F)nn3c21. The van der Waals surface area contributed by atoms with E-state index in [9.17, 15) is 14.3 Å². The lowest BCUT2D eigenvalue weighted by Crippen LogP contribution is -2.26. The van der Waals surface area contributed by atoms with Crippen molar-refractivity contribution in [3.63, 3.8) is 0 Å². The summed E-state index contributed by atoms with van der Waals surface area (Å²) in [6, 6.07) is 3.18. The highest BCUT2D eigenvalue weighted by Crippen LogP contribution is 2.50. The van der Waals surface area contributed by atoms with Crippen molar-refractivity contribution in [2.45, 2.75) is 50.0 Å². The Bertz CT molecular complexity index is 1070. The molecule has 0 aromatic carbocycles. The third kappa shape index (κ3) is 1.92. The molecular formula is C18H18FN5O2. The highest BCUT2D eigenvalue weighted by molar-refractivity contribution is 5.79. The van der Waals surface area contributed by atoms with Crippen molar-refractivity contribution in [2.75, 3.05) is 0 Å². The molecule has 5 rings (SSSR count). The van der Waals surface area contributed by atoms with Gasteiger partial charge in [-0.2, -0.15) is 9.49 Å². The number of hydrogen-bond acceptors (Lipinski definition) is 4. The minimum atomic E-state index is -0.919. The number of nitrogens with zero attached hydrogens (tertiary/aromatic N) is 5. The molecule has 8 heteroatoms. The van der Waals surface area contributed by atoms with Crippen molar-refractivity contribution in [1.82, 2.24) is 24.4 Å². The van der Waals surface area contributed by atoms with Crippen LogP contribution in [-0.4, -0.2) is 35.5 Å². The number of rotatable bonds is 3. The van der Waals surface area contributed by atoms with Gasteiger partial charge in [0.1, 0.15) is 0 Å². The molecule has 2 aliphatic carbocycles. The Hall–Kier alpha value is -2.77. The normalized spacial score (nSPS) is 26.2. The van der Waals surface area contributed by atoms with Crippen LogP contribution >= 0.6 is 0 Å². The molecule has 0 amide bonds. The Balaban J connectivity index is 1.74. The van der Waals surface area contributed by atoms with Gasteiger partial charge in [-0.25, -0.2) is 9.50 Å². The highest BCUT2D eigenvalue weighted by Gasteiger charge is 2.49. The predicted octanol–water partition coefficient (Wildman–Crippen LogP) is 2.45. The summed E-state index contributed by atoms with van der Waals surface area (Å²) in [6.07, 6.45) is 5.99. The number of aliphatic carboxylic acids is 1. The van der Waals surface area contributed by atoms with Gasteiger partial charge in [0.25, 0.3) is 0 Å². The maximum absolute atomic E-state index is 13.8. The summed E-state index contributed by atoms with van der Waals surface area (Å²) in [4.78, 5) is 16.0. The molecule has 1 fully saturated rings.